The van der Waals surface area contributed by atoms with Crippen LogP contribution in [0, 0.1) is 5.92 Å². The molecule has 28 heavy (non-hydrogen) atoms. The number of methoxy groups -OCH3 is 1. The highest BCUT2D eigenvalue weighted by atomic mass is 32.2. The molecule has 6 nitrogen and oxygen atoms in total. The van der Waals surface area contributed by atoms with Gasteiger partial charge in [-0.3, -0.25) is 4.79 Å². The first-order valence-corrected chi connectivity index (χ1v) is 10.6. The Morgan fingerprint density at radius 1 is 1.32 bits per heavy atom. The summed E-state index contributed by atoms with van der Waals surface area (Å²) in [4.78, 5) is 11.5. The summed E-state index contributed by atoms with van der Waals surface area (Å²) in [6.07, 6.45) is 0.671. The van der Waals surface area contributed by atoms with E-state index >= 15 is 0 Å². The molecule has 1 aromatic carbocycles. The van der Waals surface area contributed by atoms with E-state index in [1.165, 1.54) is 18.9 Å². The minimum Gasteiger partial charge on any atom is -0.496 e. The second kappa shape index (κ2) is 10.7. The molecule has 0 aliphatic heterocycles. The van der Waals surface area contributed by atoms with Crippen molar-refractivity contribution in [1.82, 2.24) is 14.8 Å². The molecule has 0 aliphatic rings. The number of nitrogens with two attached hydrogens (primary N) is 1. The van der Waals surface area contributed by atoms with E-state index in [4.69, 9.17) is 10.5 Å². The summed E-state index contributed by atoms with van der Waals surface area (Å²) >= 11 is 1.96. The first-order valence-electron chi connectivity index (χ1n) is 8.75. The van der Waals surface area contributed by atoms with Gasteiger partial charge in [0.25, 0.3) is 5.76 Å². The second-order valence-corrected chi connectivity index (χ2v) is 8.50. The van der Waals surface area contributed by atoms with Crippen molar-refractivity contribution < 1.29 is 18.3 Å². The molecule has 0 saturated carbocycles. The highest BCUT2D eigenvalue weighted by molar-refractivity contribution is 7.99. The molecule has 0 saturated heterocycles. The number of rotatable bonds is 11. The number of primary amides is 1. The minimum atomic E-state index is -2.50. The highest BCUT2D eigenvalue weighted by Gasteiger charge is 2.16. The van der Waals surface area contributed by atoms with Crippen molar-refractivity contribution in [2.24, 2.45) is 11.7 Å². The zero-order chi connectivity index (χ0) is 20.7. The van der Waals surface area contributed by atoms with Crippen LogP contribution in [0.3, 0.4) is 0 Å². The van der Waals surface area contributed by atoms with Crippen LogP contribution in [0.2, 0.25) is 0 Å². The van der Waals surface area contributed by atoms with Gasteiger partial charge < -0.3 is 15.0 Å². The molecule has 0 spiro atoms. The van der Waals surface area contributed by atoms with Crippen LogP contribution in [0.5, 0.6) is 5.75 Å². The van der Waals surface area contributed by atoms with E-state index in [0.29, 0.717) is 40.5 Å². The van der Waals surface area contributed by atoms with Crippen molar-refractivity contribution in [3.05, 3.63) is 29.6 Å². The Balaban J connectivity index is 2.13. The molecular weight excluding hydrogens is 406 g/mol. The third-order valence-corrected chi connectivity index (χ3v) is 5.56. The van der Waals surface area contributed by atoms with Gasteiger partial charge in [-0.1, -0.05) is 43.4 Å². The molecule has 2 rings (SSSR count). The first-order chi connectivity index (χ1) is 13.3. The third kappa shape index (κ3) is 6.66. The van der Waals surface area contributed by atoms with Crippen LogP contribution in [0.1, 0.15) is 31.7 Å². The van der Waals surface area contributed by atoms with Crippen LogP contribution in [0.4, 0.5) is 8.78 Å². The van der Waals surface area contributed by atoms with Crippen molar-refractivity contribution in [3.63, 3.8) is 0 Å². The normalized spacial score (nSPS) is 11.4. The fourth-order valence-electron chi connectivity index (χ4n) is 2.54. The van der Waals surface area contributed by atoms with Gasteiger partial charge in [-0.15, -0.1) is 10.2 Å². The van der Waals surface area contributed by atoms with Gasteiger partial charge in [-0.2, -0.15) is 8.78 Å². The summed E-state index contributed by atoms with van der Waals surface area (Å²) in [5, 5.41) is 9.21. The number of ether oxygens (including phenoxy) is 1. The Morgan fingerprint density at radius 3 is 2.68 bits per heavy atom. The molecular formula is C18H24F2N4O2S2. The molecule has 1 amide bonds. The molecule has 2 aromatic rings. The van der Waals surface area contributed by atoms with Gasteiger partial charge in [0.1, 0.15) is 11.6 Å². The van der Waals surface area contributed by atoms with Crippen LogP contribution < -0.4 is 10.5 Å². The number of carbonyl (C=O) groups excluding carboxylic acids is 1. The number of hydrogen-bond donors (Lipinski definition) is 1. The van der Waals surface area contributed by atoms with E-state index in [9.17, 15) is 13.6 Å². The van der Waals surface area contributed by atoms with Gasteiger partial charge in [0.2, 0.25) is 5.91 Å². The van der Waals surface area contributed by atoms with E-state index in [0.717, 1.165) is 23.1 Å². The van der Waals surface area contributed by atoms with Crippen molar-refractivity contribution in [3.8, 4) is 5.75 Å². The number of nitrogens with zero attached hydrogens (tertiary/aromatic N) is 3. The van der Waals surface area contributed by atoms with Crippen molar-refractivity contribution in [2.75, 3.05) is 7.11 Å². The number of thioether (sulfide) groups is 2. The zero-order valence-electron chi connectivity index (χ0n) is 16.0. The summed E-state index contributed by atoms with van der Waals surface area (Å²) in [5.41, 5.74) is 6.17. The Morgan fingerprint density at radius 2 is 2.07 bits per heavy atom. The topological polar surface area (TPSA) is 83.0 Å². The van der Waals surface area contributed by atoms with Gasteiger partial charge in [0, 0.05) is 25.1 Å². The Labute approximate surface area is 171 Å². The number of benzene rings is 1. The van der Waals surface area contributed by atoms with Crippen LogP contribution >= 0.6 is 23.5 Å². The predicted molar refractivity (Wildman–Crippen MR) is 107 cm³/mol. The zero-order valence-corrected chi connectivity index (χ0v) is 17.7. The Kier molecular flexibility index (Phi) is 8.56. The lowest BCUT2D eigenvalue weighted by atomic mass is 10.2. The lowest BCUT2D eigenvalue weighted by Gasteiger charge is -2.13. The average molecular weight is 431 g/mol. The van der Waals surface area contributed by atoms with E-state index in [1.54, 1.807) is 18.2 Å². The summed E-state index contributed by atoms with van der Waals surface area (Å²) in [7, 11) is 1.46. The summed E-state index contributed by atoms with van der Waals surface area (Å²) in [5.74, 6) is -0.745. The first kappa shape index (κ1) is 22.5. The van der Waals surface area contributed by atoms with Crippen LogP contribution in [0.25, 0.3) is 0 Å². The monoisotopic (exact) mass is 430 g/mol. The fourth-order valence-corrected chi connectivity index (χ4v) is 4.04. The molecule has 0 bridgehead atoms. The van der Waals surface area contributed by atoms with Crippen molar-refractivity contribution in [2.45, 2.75) is 54.8 Å². The van der Waals surface area contributed by atoms with Crippen LogP contribution in [-0.2, 0) is 23.5 Å². The van der Waals surface area contributed by atoms with E-state index < -0.39 is 5.76 Å². The lowest BCUT2D eigenvalue weighted by molar-refractivity contribution is -0.118. The molecule has 0 aliphatic carbocycles. The number of amides is 1. The predicted octanol–water partition coefficient (Wildman–Crippen LogP) is 3.97. The largest absolute Gasteiger partial charge is 0.496 e. The maximum absolute atomic E-state index is 12.6. The molecule has 1 heterocycles. The SMILES string of the molecule is COc1cc(CSc2nnc(CCC(N)=O)n2CC(C)C)ccc1SC(F)F. The standard InChI is InChI=1S/C18H24F2N4O2S2/c1-11(2)9-24-16(7-6-15(21)25)22-23-18(24)27-10-12-4-5-14(28-17(19)20)13(8-12)26-3/h4-5,8,11,17H,6-7,9-10H2,1-3H3,(H2,21,25). The van der Waals surface area contributed by atoms with E-state index in [1.807, 2.05) is 4.57 Å². The molecule has 2 N–H and O–H groups in total. The number of aryl methyl sites for hydroxylation is 1. The molecule has 0 fully saturated rings. The van der Waals surface area contributed by atoms with Gasteiger partial charge in [0.15, 0.2) is 5.16 Å². The molecule has 0 radical (unpaired) electrons. The van der Waals surface area contributed by atoms with Crippen molar-refractivity contribution >= 4 is 29.4 Å². The maximum atomic E-state index is 12.6. The Hall–Kier alpha value is -1.81. The van der Waals surface area contributed by atoms with Gasteiger partial charge in [-0.05, 0) is 23.6 Å². The Bertz CT molecular complexity index is 800. The number of alkyl halides is 2. The highest BCUT2D eigenvalue weighted by Crippen LogP contribution is 2.35. The fraction of sp³-hybridized carbons (Fsp3) is 0.500. The number of halogens is 2. The average Bonchev–Trinajstić information content (AvgIpc) is 2.99. The van der Waals surface area contributed by atoms with Gasteiger partial charge >= 0.3 is 0 Å². The molecule has 154 valence electrons. The lowest BCUT2D eigenvalue weighted by Crippen LogP contribution is -2.15. The number of hydrogen-bond acceptors (Lipinski definition) is 6. The third-order valence-electron chi connectivity index (χ3n) is 3.75. The van der Waals surface area contributed by atoms with E-state index in [-0.39, 0.29) is 12.3 Å². The van der Waals surface area contributed by atoms with Crippen LogP contribution in [-0.4, -0.2) is 33.5 Å². The number of carbonyl (C=O) groups is 1. The second-order valence-electron chi connectivity index (χ2n) is 6.52. The maximum Gasteiger partial charge on any atom is 0.289 e. The minimum absolute atomic E-state index is 0.224. The summed E-state index contributed by atoms with van der Waals surface area (Å²) in [6, 6.07) is 5.20. The van der Waals surface area contributed by atoms with Crippen molar-refractivity contribution in [1.29, 1.82) is 0 Å². The molecule has 10 heteroatoms. The summed E-state index contributed by atoms with van der Waals surface area (Å²) in [6.45, 7) is 4.92. The van der Waals surface area contributed by atoms with Gasteiger partial charge in [0.05, 0.1) is 12.0 Å². The molecule has 0 atom stereocenters. The number of aromatic nitrogens is 3. The quantitative estimate of drug-likeness (QED) is 0.543. The summed E-state index contributed by atoms with van der Waals surface area (Å²) < 4.78 is 32.5. The molecule has 1 aromatic heterocycles. The smallest absolute Gasteiger partial charge is 0.289 e. The van der Waals surface area contributed by atoms with Gasteiger partial charge in [-0.25, -0.2) is 0 Å². The van der Waals surface area contributed by atoms with E-state index in [2.05, 4.69) is 24.0 Å². The van der Waals surface area contributed by atoms with Crippen LogP contribution in [0.15, 0.2) is 28.3 Å². The molecule has 0 unspecified atom stereocenters.